The monoisotopic (exact) mass is 204 g/mol. The van der Waals surface area contributed by atoms with Crippen molar-refractivity contribution in [2.45, 2.75) is 18.6 Å². The molecule has 1 aliphatic rings. The zero-order valence-corrected chi connectivity index (χ0v) is 8.97. The Morgan fingerprint density at radius 3 is 2.85 bits per heavy atom. The highest BCUT2D eigenvalue weighted by atomic mass is 32.2. The van der Waals surface area contributed by atoms with Crippen LogP contribution in [0.2, 0.25) is 0 Å². The summed E-state index contributed by atoms with van der Waals surface area (Å²) in [6, 6.07) is 0. The summed E-state index contributed by atoms with van der Waals surface area (Å²) in [7, 11) is 0. The number of nitrogens with zero attached hydrogens (tertiary/aromatic N) is 2. The van der Waals surface area contributed by atoms with Gasteiger partial charge in [0.05, 0.1) is 6.54 Å². The van der Waals surface area contributed by atoms with Gasteiger partial charge in [0.25, 0.3) is 0 Å². The fraction of sp³-hybridized carbons (Fsp3) is 1.00. The average Bonchev–Trinajstić information content (AvgIpc) is 1.99. The molecule has 4 nitrogen and oxygen atoms in total. The van der Waals surface area contributed by atoms with Crippen molar-refractivity contribution >= 4 is 11.8 Å². The highest BCUT2D eigenvalue weighted by molar-refractivity contribution is 8.00. The quantitative estimate of drug-likeness (QED) is 0.510. The summed E-state index contributed by atoms with van der Waals surface area (Å²) < 4.78 is 0.259. The van der Waals surface area contributed by atoms with Crippen molar-refractivity contribution in [3.63, 3.8) is 0 Å². The standard InChI is InChI=1S/C8H16N2O2S/c1-8(2)7-9(5-6-13-8)3-4-10(11)12/h3-7H2,1-2H3. The molecule has 0 aromatic carbocycles. The number of hydrogen-bond donors (Lipinski definition) is 0. The predicted octanol–water partition coefficient (Wildman–Crippen LogP) is 1.09. The minimum absolute atomic E-state index is 0.0702. The molecule has 0 unspecified atom stereocenters. The van der Waals surface area contributed by atoms with Crippen LogP contribution in [0.1, 0.15) is 13.8 Å². The summed E-state index contributed by atoms with van der Waals surface area (Å²) in [5, 5.41) is 10.2. The summed E-state index contributed by atoms with van der Waals surface area (Å²) in [6.07, 6.45) is 0. The van der Waals surface area contributed by atoms with Gasteiger partial charge in [0.15, 0.2) is 0 Å². The molecule has 1 rings (SSSR count). The topological polar surface area (TPSA) is 46.4 Å². The van der Waals surface area contributed by atoms with Gasteiger partial charge in [-0.25, -0.2) is 0 Å². The van der Waals surface area contributed by atoms with Crippen molar-refractivity contribution in [3.8, 4) is 0 Å². The van der Waals surface area contributed by atoms with Crippen LogP contribution in [-0.2, 0) is 0 Å². The zero-order valence-electron chi connectivity index (χ0n) is 8.15. The fourth-order valence-corrected chi connectivity index (χ4v) is 2.70. The van der Waals surface area contributed by atoms with Gasteiger partial charge in [-0.15, -0.1) is 0 Å². The lowest BCUT2D eigenvalue weighted by Crippen LogP contribution is -2.44. The molecule has 0 N–H and O–H groups in total. The molecule has 0 aromatic rings. The lowest BCUT2D eigenvalue weighted by atomic mass is 10.2. The second kappa shape index (κ2) is 4.28. The van der Waals surface area contributed by atoms with E-state index in [1.54, 1.807) is 0 Å². The third kappa shape index (κ3) is 3.95. The maximum atomic E-state index is 10.2. The van der Waals surface area contributed by atoms with Crippen molar-refractivity contribution in [1.29, 1.82) is 0 Å². The van der Waals surface area contributed by atoms with Crippen LogP contribution in [0.25, 0.3) is 0 Å². The first-order valence-corrected chi connectivity index (χ1v) is 5.46. The molecule has 0 aliphatic carbocycles. The Hall–Kier alpha value is -0.290. The van der Waals surface area contributed by atoms with E-state index < -0.39 is 0 Å². The normalized spacial score (nSPS) is 22.9. The average molecular weight is 204 g/mol. The molecule has 1 heterocycles. The van der Waals surface area contributed by atoms with Gasteiger partial charge in [0, 0.05) is 28.5 Å². The van der Waals surface area contributed by atoms with Crippen LogP contribution in [0.4, 0.5) is 0 Å². The predicted molar refractivity (Wildman–Crippen MR) is 54.8 cm³/mol. The Kier molecular flexibility index (Phi) is 3.55. The molecule has 0 radical (unpaired) electrons. The van der Waals surface area contributed by atoms with E-state index in [2.05, 4.69) is 18.7 Å². The summed E-state index contributed by atoms with van der Waals surface area (Å²) in [5.41, 5.74) is 0. The molecule has 0 saturated carbocycles. The molecular weight excluding hydrogens is 188 g/mol. The van der Waals surface area contributed by atoms with E-state index in [1.807, 2.05) is 11.8 Å². The van der Waals surface area contributed by atoms with E-state index in [1.165, 1.54) is 0 Å². The first kappa shape index (κ1) is 10.8. The van der Waals surface area contributed by atoms with E-state index in [-0.39, 0.29) is 16.2 Å². The maximum Gasteiger partial charge on any atom is 0.216 e. The molecule has 0 atom stereocenters. The number of thioether (sulfide) groups is 1. The minimum Gasteiger partial charge on any atom is -0.295 e. The number of nitro groups is 1. The highest BCUT2D eigenvalue weighted by Crippen LogP contribution is 2.29. The molecule has 0 amide bonds. The molecule has 0 spiro atoms. The first-order chi connectivity index (χ1) is 5.99. The van der Waals surface area contributed by atoms with Gasteiger partial charge in [-0.2, -0.15) is 11.8 Å². The number of rotatable bonds is 3. The second-order valence-electron chi connectivity index (χ2n) is 3.94. The van der Waals surface area contributed by atoms with Gasteiger partial charge >= 0.3 is 0 Å². The first-order valence-electron chi connectivity index (χ1n) is 4.48. The molecular formula is C8H16N2O2S. The van der Waals surface area contributed by atoms with E-state index in [9.17, 15) is 10.1 Å². The van der Waals surface area contributed by atoms with E-state index in [0.717, 1.165) is 18.8 Å². The van der Waals surface area contributed by atoms with Crippen LogP contribution in [0.5, 0.6) is 0 Å². The Morgan fingerprint density at radius 2 is 2.31 bits per heavy atom. The largest absolute Gasteiger partial charge is 0.295 e. The van der Waals surface area contributed by atoms with Crippen molar-refractivity contribution in [1.82, 2.24) is 4.90 Å². The van der Waals surface area contributed by atoms with Crippen LogP contribution in [0.3, 0.4) is 0 Å². The maximum absolute atomic E-state index is 10.2. The third-order valence-electron chi connectivity index (χ3n) is 2.10. The van der Waals surface area contributed by atoms with Crippen molar-refractivity contribution in [2.75, 3.05) is 31.9 Å². The summed E-state index contributed by atoms with van der Waals surface area (Å²) >= 11 is 1.95. The van der Waals surface area contributed by atoms with E-state index in [0.29, 0.717) is 6.54 Å². The minimum atomic E-state index is -0.241. The summed E-state index contributed by atoms with van der Waals surface area (Å²) in [6.45, 7) is 7.00. The summed E-state index contributed by atoms with van der Waals surface area (Å²) in [5.74, 6) is 1.09. The molecule has 1 saturated heterocycles. The van der Waals surface area contributed by atoms with Crippen LogP contribution in [0, 0.1) is 10.1 Å². The Morgan fingerprint density at radius 1 is 1.62 bits per heavy atom. The molecule has 13 heavy (non-hydrogen) atoms. The summed E-state index contributed by atoms with van der Waals surface area (Å²) in [4.78, 5) is 12.1. The van der Waals surface area contributed by atoms with E-state index >= 15 is 0 Å². The third-order valence-corrected chi connectivity index (χ3v) is 3.40. The Bertz CT molecular complexity index is 197. The zero-order chi connectivity index (χ0) is 9.90. The van der Waals surface area contributed by atoms with Crippen molar-refractivity contribution in [2.24, 2.45) is 0 Å². The van der Waals surface area contributed by atoms with Gasteiger partial charge in [0.2, 0.25) is 6.54 Å². The van der Waals surface area contributed by atoms with Crippen LogP contribution >= 0.6 is 11.8 Å². The van der Waals surface area contributed by atoms with Gasteiger partial charge < -0.3 is 0 Å². The number of hydrogen-bond acceptors (Lipinski definition) is 4. The van der Waals surface area contributed by atoms with Crippen LogP contribution in [0.15, 0.2) is 0 Å². The molecule has 76 valence electrons. The molecule has 1 fully saturated rings. The molecule has 5 heteroatoms. The van der Waals surface area contributed by atoms with Crippen LogP contribution in [-0.4, -0.2) is 46.5 Å². The highest BCUT2D eigenvalue weighted by Gasteiger charge is 2.27. The SMILES string of the molecule is CC1(C)CN(CC[N+](=O)[O-])CCS1. The van der Waals surface area contributed by atoms with E-state index in [4.69, 9.17) is 0 Å². The smallest absolute Gasteiger partial charge is 0.216 e. The molecule has 1 aliphatic heterocycles. The Labute approximate surface area is 82.8 Å². The lowest BCUT2D eigenvalue weighted by molar-refractivity contribution is -0.480. The van der Waals surface area contributed by atoms with Gasteiger partial charge in [-0.1, -0.05) is 0 Å². The van der Waals surface area contributed by atoms with Crippen molar-refractivity contribution < 1.29 is 4.92 Å². The molecule has 0 aromatic heterocycles. The van der Waals surface area contributed by atoms with Gasteiger partial charge in [-0.3, -0.25) is 15.0 Å². The van der Waals surface area contributed by atoms with Gasteiger partial charge in [0.1, 0.15) is 0 Å². The van der Waals surface area contributed by atoms with Crippen LogP contribution < -0.4 is 0 Å². The second-order valence-corrected chi connectivity index (χ2v) is 5.74. The van der Waals surface area contributed by atoms with Gasteiger partial charge in [-0.05, 0) is 13.8 Å². The molecule has 0 bridgehead atoms. The van der Waals surface area contributed by atoms with Crippen molar-refractivity contribution in [3.05, 3.63) is 10.1 Å². The fourth-order valence-electron chi connectivity index (χ4n) is 1.53. The lowest BCUT2D eigenvalue weighted by Gasteiger charge is -2.36. The Balaban J connectivity index is 2.30.